The lowest BCUT2D eigenvalue weighted by atomic mass is 9.92. The molecule has 2 nitrogen and oxygen atoms in total. The van der Waals surface area contributed by atoms with Crippen LogP contribution in [-0.2, 0) is 6.42 Å². The van der Waals surface area contributed by atoms with E-state index in [-0.39, 0.29) is 0 Å². The summed E-state index contributed by atoms with van der Waals surface area (Å²) >= 11 is 0. The molecule has 1 aromatic heterocycles. The van der Waals surface area contributed by atoms with Gasteiger partial charge in [0.1, 0.15) is 0 Å². The molecule has 1 aromatic rings. The normalized spacial score (nSPS) is 17.9. The van der Waals surface area contributed by atoms with Crippen molar-refractivity contribution in [2.24, 2.45) is 11.8 Å². The Morgan fingerprint density at radius 2 is 2.25 bits per heavy atom. The first kappa shape index (κ1) is 11.7. The molecule has 0 radical (unpaired) electrons. The summed E-state index contributed by atoms with van der Waals surface area (Å²) in [5.41, 5.74) is 1.34. The van der Waals surface area contributed by atoms with Crippen LogP contribution in [-0.4, -0.2) is 12.6 Å². The molecule has 1 N–H and O–H groups in total. The van der Waals surface area contributed by atoms with Gasteiger partial charge in [0, 0.05) is 6.04 Å². The fourth-order valence-electron chi connectivity index (χ4n) is 2.27. The molecule has 2 heteroatoms. The van der Waals surface area contributed by atoms with Gasteiger partial charge >= 0.3 is 0 Å². The largest absolute Gasteiger partial charge is 0.472 e. The van der Waals surface area contributed by atoms with Crippen LogP contribution in [0, 0.1) is 11.8 Å². The summed E-state index contributed by atoms with van der Waals surface area (Å²) < 4.78 is 5.14. The summed E-state index contributed by atoms with van der Waals surface area (Å²) in [5, 5.41) is 3.64. The third-order valence-corrected chi connectivity index (χ3v) is 3.18. The molecule has 0 spiro atoms. The van der Waals surface area contributed by atoms with Gasteiger partial charge in [0.25, 0.3) is 0 Å². The van der Waals surface area contributed by atoms with E-state index in [1.54, 1.807) is 6.26 Å². The zero-order valence-electron chi connectivity index (χ0n) is 10.4. The molecule has 2 rings (SSSR count). The molecule has 0 saturated heterocycles. The van der Waals surface area contributed by atoms with Gasteiger partial charge in [0.15, 0.2) is 0 Å². The molecule has 0 aliphatic heterocycles. The highest BCUT2D eigenvalue weighted by atomic mass is 16.3. The van der Waals surface area contributed by atoms with Gasteiger partial charge in [-0.15, -0.1) is 0 Å². The number of rotatable bonds is 7. The Bertz CT molecular complexity index is 288. The van der Waals surface area contributed by atoms with Crippen molar-refractivity contribution in [3.05, 3.63) is 24.2 Å². The lowest BCUT2D eigenvalue weighted by Crippen LogP contribution is -2.27. The Morgan fingerprint density at radius 1 is 1.44 bits per heavy atom. The molecule has 1 fully saturated rings. The van der Waals surface area contributed by atoms with Crippen molar-refractivity contribution in [1.82, 2.24) is 5.32 Å². The first-order chi connectivity index (χ1) is 7.74. The smallest absolute Gasteiger partial charge is 0.0934 e. The molecule has 1 unspecified atom stereocenters. The third kappa shape index (κ3) is 4.01. The molecule has 16 heavy (non-hydrogen) atoms. The quantitative estimate of drug-likeness (QED) is 0.764. The number of furan rings is 1. The standard InChI is InChI=1S/C14H23NO/c1-11(2)7-13(9-15-14-3-4-14)8-12-5-6-16-10-12/h5-6,10-11,13-15H,3-4,7-9H2,1-2H3. The minimum Gasteiger partial charge on any atom is -0.472 e. The topological polar surface area (TPSA) is 25.2 Å². The highest BCUT2D eigenvalue weighted by Crippen LogP contribution is 2.22. The monoisotopic (exact) mass is 221 g/mol. The van der Waals surface area contributed by atoms with Crippen LogP contribution in [0.4, 0.5) is 0 Å². The van der Waals surface area contributed by atoms with E-state index >= 15 is 0 Å². The third-order valence-electron chi connectivity index (χ3n) is 3.18. The molecule has 0 aromatic carbocycles. The first-order valence-electron chi connectivity index (χ1n) is 6.48. The second-order valence-corrected chi connectivity index (χ2v) is 5.51. The van der Waals surface area contributed by atoms with Gasteiger partial charge in [-0.05, 0) is 55.7 Å². The van der Waals surface area contributed by atoms with Crippen LogP contribution in [0.15, 0.2) is 23.0 Å². The van der Waals surface area contributed by atoms with Crippen LogP contribution in [0.3, 0.4) is 0 Å². The van der Waals surface area contributed by atoms with E-state index in [2.05, 4.69) is 25.2 Å². The van der Waals surface area contributed by atoms with E-state index in [1.807, 2.05) is 6.26 Å². The SMILES string of the molecule is CC(C)CC(CNC1CC1)Cc1ccoc1. The van der Waals surface area contributed by atoms with Gasteiger partial charge in [-0.2, -0.15) is 0 Å². The van der Waals surface area contributed by atoms with E-state index in [9.17, 15) is 0 Å². The van der Waals surface area contributed by atoms with Gasteiger partial charge in [-0.25, -0.2) is 0 Å². The summed E-state index contributed by atoms with van der Waals surface area (Å²) in [6.45, 7) is 5.77. The molecule has 1 heterocycles. The van der Waals surface area contributed by atoms with Crippen LogP contribution in [0.5, 0.6) is 0 Å². The molecule has 1 atom stereocenters. The van der Waals surface area contributed by atoms with Crippen molar-refractivity contribution < 1.29 is 4.42 Å². The number of hydrogen-bond donors (Lipinski definition) is 1. The second kappa shape index (κ2) is 5.53. The van der Waals surface area contributed by atoms with Gasteiger partial charge in [-0.1, -0.05) is 13.8 Å². The maximum absolute atomic E-state index is 5.14. The minimum absolute atomic E-state index is 0.748. The highest BCUT2D eigenvalue weighted by molar-refractivity contribution is 5.06. The van der Waals surface area contributed by atoms with Crippen molar-refractivity contribution in [1.29, 1.82) is 0 Å². The van der Waals surface area contributed by atoms with Gasteiger partial charge in [-0.3, -0.25) is 0 Å². The van der Waals surface area contributed by atoms with E-state index in [0.29, 0.717) is 0 Å². The summed E-state index contributed by atoms with van der Waals surface area (Å²) in [7, 11) is 0. The van der Waals surface area contributed by atoms with Crippen LogP contribution < -0.4 is 5.32 Å². The van der Waals surface area contributed by atoms with E-state index in [0.717, 1.165) is 30.8 Å². The number of hydrogen-bond acceptors (Lipinski definition) is 2. The van der Waals surface area contributed by atoms with Crippen LogP contribution in [0.1, 0.15) is 38.7 Å². The maximum Gasteiger partial charge on any atom is 0.0934 e. The van der Waals surface area contributed by atoms with Crippen LogP contribution >= 0.6 is 0 Å². The molecular formula is C14H23NO. The van der Waals surface area contributed by atoms with Crippen molar-refractivity contribution in [2.75, 3.05) is 6.54 Å². The van der Waals surface area contributed by atoms with Crippen molar-refractivity contribution in [2.45, 2.75) is 45.6 Å². The maximum atomic E-state index is 5.14. The Labute approximate surface area is 98.4 Å². The Balaban J connectivity index is 1.80. The van der Waals surface area contributed by atoms with Crippen LogP contribution in [0.25, 0.3) is 0 Å². The van der Waals surface area contributed by atoms with E-state index in [4.69, 9.17) is 4.42 Å². The highest BCUT2D eigenvalue weighted by Gasteiger charge is 2.22. The minimum atomic E-state index is 0.748. The zero-order valence-corrected chi connectivity index (χ0v) is 10.4. The summed E-state index contributed by atoms with van der Waals surface area (Å²) in [5.74, 6) is 1.52. The fraction of sp³-hybridized carbons (Fsp3) is 0.714. The lowest BCUT2D eigenvalue weighted by Gasteiger charge is -2.19. The second-order valence-electron chi connectivity index (χ2n) is 5.51. The summed E-state index contributed by atoms with van der Waals surface area (Å²) in [6.07, 6.45) is 8.85. The van der Waals surface area contributed by atoms with Crippen LogP contribution in [0.2, 0.25) is 0 Å². The van der Waals surface area contributed by atoms with Crippen molar-refractivity contribution in [3.8, 4) is 0 Å². The molecule has 1 saturated carbocycles. The molecular weight excluding hydrogens is 198 g/mol. The predicted molar refractivity (Wildman–Crippen MR) is 66.4 cm³/mol. The Kier molecular flexibility index (Phi) is 4.05. The Hall–Kier alpha value is -0.760. The molecule has 0 amide bonds. The summed E-state index contributed by atoms with van der Waals surface area (Å²) in [6, 6.07) is 2.91. The molecule has 0 bridgehead atoms. The zero-order chi connectivity index (χ0) is 11.4. The van der Waals surface area contributed by atoms with Gasteiger partial charge in [0.2, 0.25) is 0 Å². The van der Waals surface area contributed by atoms with Crippen molar-refractivity contribution >= 4 is 0 Å². The van der Waals surface area contributed by atoms with E-state index < -0.39 is 0 Å². The van der Waals surface area contributed by atoms with Gasteiger partial charge in [0.05, 0.1) is 12.5 Å². The fourth-order valence-corrected chi connectivity index (χ4v) is 2.27. The van der Waals surface area contributed by atoms with Gasteiger partial charge < -0.3 is 9.73 Å². The first-order valence-corrected chi connectivity index (χ1v) is 6.48. The molecule has 90 valence electrons. The molecule has 1 aliphatic carbocycles. The average Bonchev–Trinajstić information content (AvgIpc) is 2.92. The average molecular weight is 221 g/mol. The van der Waals surface area contributed by atoms with E-state index in [1.165, 1.54) is 24.8 Å². The summed E-state index contributed by atoms with van der Waals surface area (Å²) in [4.78, 5) is 0. The molecule has 1 aliphatic rings. The lowest BCUT2D eigenvalue weighted by molar-refractivity contribution is 0.383. The predicted octanol–water partition coefficient (Wildman–Crippen LogP) is 3.24. The number of nitrogens with one attached hydrogen (secondary N) is 1. The Morgan fingerprint density at radius 3 is 2.81 bits per heavy atom. The van der Waals surface area contributed by atoms with Crippen molar-refractivity contribution in [3.63, 3.8) is 0 Å².